The Labute approximate surface area is 119 Å². The average Bonchev–Trinajstić information content (AvgIpc) is 2.81. The monoisotopic (exact) mass is 264 g/mol. The second-order valence-corrected chi connectivity index (χ2v) is 5.99. The van der Waals surface area contributed by atoms with Gasteiger partial charge in [-0.3, -0.25) is 0 Å². The highest BCUT2D eigenvalue weighted by atomic mass is 15.0. The minimum atomic E-state index is 0.724. The van der Waals surface area contributed by atoms with Gasteiger partial charge >= 0.3 is 0 Å². The van der Waals surface area contributed by atoms with Crippen molar-refractivity contribution >= 4 is 0 Å². The molecule has 0 radical (unpaired) electrons. The number of aromatic nitrogens is 1. The van der Waals surface area contributed by atoms with E-state index in [-0.39, 0.29) is 0 Å². The van der Waals surface area contributed by atoms with Gasteiger partial charge in [-0.2, -0.15) is 0 Å². The van der Waals surface area contributed by atoms with E-state index < -0.39 is 0 Å². The third-order valence-electron chi connectivity index (χ3n) is 3.53. The van der Waals surface area contributed by atoms with E-state index in [9.17, 15) is 0 Å². The summed E-state index contributed by atoms with van der Waals surface area (Å²) in [7, 11) is 0. The molecule has 0 saturated heterocycles. The number of aryl methyl sites for hydroxylation is 1. The molecule has 0 bridgehead atoms. The van der Waals surface area contributed by atoms with Gasteiger partial charge in [-0.1, -0.05) is 52.9 Å². The molecule has 0 fully saturated rings. The molecule has 2 nitrogen and oxygen atoms in total. The summed E-state index contributed by atoms with van der Waals surface area (Å²) >= 11 is 0. The smallest absolute Gasteiger partial charge is 0.0359 e. The molecule has 0 aliphatic carbocycles. The summed E-state index contributed by atoms with van der Waals surface area (Å²) < 4.78 is 2.41. The molecule has 1 N–H and O–H groups in total. The van der Waals surface area contributed by atoms with E-state index >= 15 is 0 Å². The van der Waals surface area contributed by atoms with Crippen molar-refractivity contribution in [2.75, 3.05) is 6.54 Å². The highest BCUT2D eigenvalue weighted by Crippen LogP contribution is 2.09. The molecule has 1 rings (SSSR count). The van der Waals surface area contributed by atoms with Crippen LogP contribution in [0.3, 0.4) is 0 Å². The van der Waals surface area contributed by atoms with Crippen molar-refractivity contribution in [3.63, 3.8) is 0 Å². The Morgan fingerprint density at radius 3 is 2.58 bits per heavy atom. The van der Waals surface area contributed by atoms with Gasteiger partial charge in [-0.15, -0.1) is 0 Å². The van der Waals surface area contributed by atoms with Crippen molar-refractivity contribution in [3.8, 4) is 0 Å². The molecular weight excluding hydrogens is 232 g/mol. The maximum absolute atomic E-state index is 3.53. The van der Waals surface area contributed by atoms with Crippen LogP contribution in [-0.4, -0.2) is 11.1 Å². The van der Waals surface area contributed by atoms with Crippen LogP contribution in [0.4, 0.5) is 0 Å². The van der Waals surface area contributed by atoms with Gasteiger partial charge in [-0.05, 0) is 31.0 Å². The Bertz CT molecular complexity index is 315. The topological polar surface area (TPSA) is 17.0 Å². The highest BCUT2D eigenvalue weighted by molar-refractivity contribution is 5.06. The zero-order chi connectivity index (χ0) is 13.9. The minimum absolute atomic E-state index is 0.724. The van der Waals surface area contributed by atoms with Gasteiger partial charge in [0.15, 0.2) is 0 Å². The van der Waals surface area contributed by atoms with Crippen molar-refractivity contribution < 1.29 is 0 Å². The first-order chi connectivity index (χ1) is 9.24. The van der Waals surface area contributed by atoms with Crippen LogP contribution >= 0.6 is 0 Å². The number of nitrogens with one attached hydrogen (secondary N) is 1. The van der Waals surface area contributed by atoms with Gasteiger partial charge in [0.05, 0.1) is 0 Å². The molecule has 0 spiro atoms. The molecule has 0 unspecified atom stereocenters. The SMILES string of the molecule is CCCCCCCCn1cccc1CNCC(C)C. The van der Waals surface area contributed by atoms with E-state index in [1.807, 2.05) is 0 Å². The maximum Gasteiger partial charge on any atom is 0.0359 e. The number of hydrogen-bond donors (Lipinski definition) is 1. The maximum atomic E-state index is 3.53. The number of nitrogens with zero attached hydrogens (tertiary/aromatic N) is 1. The normalized spacial score (nSPS) is 11.4. The van der Waals surface area contributed by atoms with Gasteiger partial charge in [0.2, 0.25) is 0 Å². The van der Waals surface area contributed by atoms with Crippen LogP contribution in [0.5, 0.6) is 0 Å². The standard InChI is InChI=1S/C17H32N2/c1-4-5-6-7-8-9-12-19-13-10-11-17(19)15-18-14-16(2)3/h10-11,13,16,18H,4-9,12,14-15H2,1-3H3. The Kier molecular flexibility index (Phi) is 8.64. The fraction of sp³-hybridized carbons (Fsp3) is 0.765. The van der Waals surface area contributed by atoms with Crippen LogP contribution in [0.1, 0.15) is 65.0 Å². The highest BCUT2D eigenvalue weighted by Gasteiger charge is 2.01. The first-order valence-electron chi connectivity index (χ1n) is 8.08. The first kappa shape index (κ1) is 16.3. The molecule has 0 aliphatic rings. The predicted molar refractivity (Wildman–Crippen MR) is 84.4 cm³/mol. The van der Waals surface area contributed by atoms with Crippen molar-refractivity contribution in [3.05, 3.63) is 24.0 Å². The predicted octanol–water partition coefficient (Wildman–Crippen LogP) is 4.59. The molecule has 0 aliphatic heterocycles. The first-order valence-corrected chi connectivity index (χ1v) is 8.08. The Morgan fingerprint density at radius 1 is 1.11 bits per heavy atom. The Hall–Kier alpha value is -0.760. The summed E-state index contributed by atoms with van der Waals surface area (Å²) in [6, 6.07) is 4.41. The molecule has 0 amide bonds. The third-order valence-corrected chi connectivity index (χ3v) is 3.53. The van der Waals surface area contributed by atoms with Crippen LogP contribution in [0, 0.1) is 5.92 Å². The fourth-order valence-electron chi connectivity index (χ4n) is 2.38. The summed E-state index contributed by atoms with van der Waals surface area (Å²) in [5.41, 5.74) is 1.43. The quantitative estimate of drug-likeness (QED) is 0.578. The molecule has 1 aromatic rings. The van der Waals surface area contributed by atoms with Crippen molar-refractivity contribution in [1.29, 1.82) is 0 Å². The zero-order valence-corrected chi connectivity index (χ0v) is 13.1. The van der Waals surface area contributed by atoms with E-state index in [1.165, 1.54) is 50.8 Å². The molecule has 2 heteroatoms. The number of rotatable bonds is 11. The van der Waals surface area contributed by atoms with E-state index in [1.54, 1.807) is 0 Å². The van der Waals surface area contributed by atoms with Gasteiger partial charge in [0.1, 0.15) is 0 Å². The van der Waals surface area contributed by atoms with Crippen LogP contribution in [0.2, 0.25) is 0 Å². The Balaban J connectivity index is 2.17. The van der Waals surface area contributed by atoms with Crippen LogP contribution in [-0.2, 0) is 13.1 Å². The van der Waals surface area contributed by atoms with Crippen LogP contribution in [0.25, 0.3) is 0 Å². The van der Waals surface area contributed by atoms with Crippen molar-refractivity contribution in [1.82, 2.24) is 9.88 Å². The molecule has 0 saturated carbocycles. The van der Waals surface area contributed by atoms with Gasteiger partial charge in [-0.25, -0.2) is 0 Å². The van der Waals surface area contributed by atoms with E-state index in [0.717, 1.165) is 19.0 Å². The van der Waals surface area contributed by atoms with Crippen LogP contribution < -0.4 is 5.32 Å². The fourth-order valence-corrected chi connectivity index (χ4v) is 2.38. The Morgan fingerprint density at radius 2 is 1.84 bits per heavy atom. The number of unbranched alkanes of at least 4 members (excludes halogenated alkanes) is 5. The average molecular weight is 264 g/mol. The van der Waals surface area contributed by atoms with E-state index in [0.29, 0.717) is 0 Å². The summed E-state index contributed by atoms with van der Waals surface area (Å²) in [4.78, 5) is 0. The van der Waals surface area contributed by atoms with E-state index in [2.05, 4.69) is 49.0 Å². The van der Waals surface area contributed by atoms with Gasteiger partial charge in [0.25, 0.3) is 0 Å². The van der Waals surface area contributed by atoms with Crippen molar-refractivity contribution in [2.24, 2.45) is 5.92 Å². The van der Waals surface area contributed by atoms with Crippen LogP contribution in [0.15, 0.2) is 18.3 Å². The summed E-state index contributed by atoms with van der Waals surface area (Å²) in [5, 5.41) is 3.53. The third kappa shape index (κ3) is 7.41. The van der Waals surface area contributed by atoms with E-state index in [4.69, 9.17) is 0 Å². The molecule has 0 aromatic carbocycles. The molecule has 1 heterocycles. The molecule has 110 valence electrons. The lowest BCUT2D eigenvalue weighted by Gasteiger charge is -2.11. The lowest BCUT2D eigenvalue weighted by atomic mass is 10.1. The second kappa shape index (κ2) is 10.1. The molecule has 0 atom stereocenters. The summed E-state index contributed by atoms with van der Waals surface area (Å²) in [6.07, 6.45) is 10.4. The molecular formula is C17H32N2. The number of hydrogen-bond acceptors (Lipinski definition) is 1. The lowest BCUT2D eigenvalue weighted by molar-refractivity contribution is 0.517. The molecule has 19 heavy (non-hydrogen) atoms. The second-order valence-electron chi connectivity index (χ2n) is 5.99. The summed E-state index contributed by atoms with van der Waals surface area (Å²) in [6.45, 7) is 10.1. The largest absolute Gasteiger partial charge is 0.350 e. The molecule has 1 aromatic heterocycles. The van der Waals surface area contributed by atoms with Crippen molar-refractivity contribution in [2.45, 2.75) is 72.4 Å². The lowest BCUT2D eigenvalue weighted by Crippen LogP contribution is -2.20. The minimum Gasteiger partial charge on any atom is -0.350 e. The van der Waals surface area contributed by atoms with Gasteiger partial charge in [0, 0.05) is 25.0 Å². The zero-order valence-electron chi connectivity index (χ0n) is 13.1. The van der Waals surface area contributed by atoms with Gasteiger partial charge < -0.3 is 9.88 Å². The summed E-state index contributed by atoms with van der Waals surface area (Å²) in [5.74, 6) is 0.724.